The lowest BCUT2D eigenvalue weighted by Crippen LogP contribution is -1.93. The van der Waals surface area contributed by atoms with Gasteiger partial charge in [0.15, 0.2) is 10.3 Å². The summed E-state index contributed by atoms with van der Waals surface area (Å²) in [6.45, 7) is 0. The smallest absolute Gasteiger partial charge is 0.162 e. The lowest BCUT2D eigenvalue weighted by atomic mass is 10.3. The second-order valence-electron chi connectivity index (χ2n) is 4.72. The highest BCUT2D eigenvalue weighted by Gasteiger charge is 2.13. The van der Waals surface area contributed by atoms with Gasteiger partial charge in [0.1, 0.15) is 10.1 Å². The summed E-state index contributed by atoms with van der Waals surface area (Å²) in [6.07, 6.45) is 0. The highest BCUT2D eigenvalue weighted by atomic mass is 35.5. The van der Waals surface area contributed by atoms with E-state index in [-0.39, 0.29) is 0 Å². The first-order valence-corrected chi connectivity index (χ1v) is 8.30. The number of halogens is 2. The molecule has 0 saturated carbocycles. The van der Waals surface area contributed by atoms with E-state index in [9.17, 15) is 0 Å². The molecule has 0 N–H and O–H groups in total. The van der Waals surface area contributed by atoms with E-state index in [4.69, 9.17) is 23.2 Å². The number of nitrogens with zero attached hydrogens (tertiary/aromatic N) is 4. The lowest BCUT2D eigenvalue weighted by Gasteiger charge is -2.06. The van der Waals surface area contributed by atoms with Gasteiger partial charge in [-0.05, 0) is 36.0 Å². The van der Waals surface area contributed by atoms with Crippen LogP contribution in [-0.2, 0) is 0 Å². The predicted octanol–water partition coefficient (Wildman–Crippen LogP) is 5.03. The highest BCUT2D eigenvalue weighted by molar-refractivity contribution is 7.99. The molecule has 2 aromatic heterocycles. The van der Waals surface area contributed by atoms with Crippen LogP contribution in [0.1, 0.15) is 0 Å². The van der Waals surface area contributed by atoms with Crippen LogP contribution in [0.25, 0.3) is 22.1 Å². The molecule has 112 valence electrons. The van der Waals surface area contributed by atoms with Gasteiger partial charge >= 0.3 is 0 Å². The molecule has 0 fully saturated rings. The minimum atomic E-state index is 0.319. The van der Waals surface area contributed by atoms with Gasteiger partial charge in [-0.25, -0.2) is 19.9 Å². The molecule has 7 heteroatoms. The summed E-state index contributed by atoms with van der Waals surface area (Å²) in [7, 11) is 0. The monoisotopic (exact) mass is 358 g/mol. The Morgan fingerprint density at radius 1 is 0.565 bits per heavy atom. The van der Waals surface area contributed by atoms with Gasteiger partial charge in [0.25, 0.3) is 0 Å². The van der Waals surface area contributed by atoms with E-state index in [0.29, 0.717) is 20.4 Å². The summed E-state index contributed by atoms with van der Waals surface area (Å²) in [5, 5.41) is 1.74. The summed E-state index contributed by atoms with van der Waals surface area (Å²) in [4.78, 5) is 17.8. The van der Waals surface area contributed by atoms with Crippen molar-refractivity contribution in [3.63, 3.8) is 0 Å². The fraction of sp³-hybridized carbons (Fsp3) is 0. The molecule has 0 atom stereocenters. The molecule has 0 aliphatic heterocycles. The van der Waals surface area contributed by atoms with Crippen molar-refractivity contribution in [1.29, 1.82) is 0 Å². The van der Waals surface area contributed by atoms with E-state index in [1.54, 1.807) is 0 Å². The molecule has 0 aliphatic rings. The van der Waals surface area contributed by atoms with Gasteiger partial charge in [-0.3, -0.25) is 0 Å². The van der Waals surface area contributed by atoms with Crippen molar-refractivity contribution in [2.45, 2.75) is 10.1 Å². The first-order chi connectivity index (χ1) is 11.2. The normalized spacial score (nSPS) is 11.2. The average molecular weight is 359 g/mol. The van der Waals surface area contributed by atoms with Crippen molar-refractivity contribution in [1.82, 2.24) is 19.9 Å². The van der Waals surface area contributed by atoms with E-state index in [1.165, 1.54) is 11.8 Å². The topological polar surface area (TPSA) is 51.6 Å². The fourth-order valence-electron chi connectivity index (χ4n) is 2.15. The van der Waals surface area contributed by atoms with E-state index in [0.717, 1.165) is 22.1 Å². The number of hydrogen-bond donors (Lipinski definition) is 0. The fourth-order valence-corrected chi connectivity index (χ4v) is 3.38. The van der Waals surface area contributed by atoms with Crippen LogP contribution in [0.5, 0.6) is 0 Å². The minimum absolute atomic E-state index is 0.319. The summed E-state index contributed by atoms with van der Waals surface area (Å²) in [6, 6.07) is 15.1. The van der Waals surface area contributed by atoms with Crippen molar-refractivity contribution in [2.75, 3.05) is 0 Å². The predicted molar refractivity (Wildman–Crippen MR) is 93.2 cm³/mol. The number of benzene rings is 2. The Kier molecular flexibility index (Phi) is 3.77. The Hall–Kier alpha value is -1.95. The minimum Gasteiger partial charge on any atom is -0.236 e. The quantitative estimate of drug-likeness (QED) is 0.502. The number of rotatable bonds is 2. The summed E-state index contributed by atoms with van der Waals surface area (Å²) < 4.78 is 0. The van der Waals surface area contributed by atoms with Crippen LogP contribution in [0, 0.1) is 0 Å². The van der Waals surface area contributed by atoms with Crippen LogP contribution >= 0.6 is 35.0 Å². The Bertz CT molecular complexity index is 956. The second-order valence-corrected chi connectivity index (χ2v) is 6.41. The van der Waals surface area contributed by atoms with Crippen molar-refractivity contribution in [3.05, 3.63) is 58.8 Å². The molecular weight excluding hydrogens is 351 g/mol. The molecule has 4 aromatic rings. The van der Waals surface area contributed by atoms with Crippen LogP contribution in [0.3, 0.4) is 0 Å². The molecule has 0 bridgehead atoms. The van der Waals surface area contributed by atoms with Crippen molar-refractivity contribution < 1.29 is 0 Å². The molecule has 0 spiro atoms. The van der Waals surface area contributed by atoms with Crippen molar-refractivity contribution >= 4 is 57.0 Å². The molecule has 0 aliphatic carbocycles. The van der Waals surface area contributed by atoms with E-state index in [2.05, 4.69) is 19.9 Å². The number of para-hydroxylation sites is 4. The average Bonchev–Trinajstić information content (AvgIpc) is 2.56. The van der Waals surface area contributed by atoms with Crippen molar-refractivity contribution in [3.8, 4) is 0 Å². The number of aromatic nitrogens is 4. The molecule has 4 rings (SSSR count). The highest BCUT2D eigenvalue weighted by Crippen LogP contribution is 2.34. The van der Waals surface area contributed by atoms with Gasteiger partial charge in [0.05, 0.1) is 22.1 Å². The van der Waals surface area contributed by atoms with Gasteiger partial charge in [-0.2, -0.15) is 0 Å². The Labute approximate surface area is 145 Å². The Balaban J connectivity index is 1.81. The van der Waals surface area contributed by atoms with Gasteiger partial charge < -0.3 is 0 Å². The van der Waals surface area contributed by atoms with Gasteiger partial charge in [-0.15, -0.1) is 0 Å². The molecule has 2 heterocycles. The van der Waals surface area contributed by atoms with Gasteiger partial charge in [-0.1, -0.05) is 47.5 Å². The zero-order valence-electron chi connectivity index (χ0n) is 11.6. The van der Waals surface area contributed by atoms with Crippen molar-refractivity contribution in [2.24, 2.45) is 0 Å². The van der Waals surface area contributed by atoms with Gasteiger partial charge in [0.2, 0.25) is 0 Å². The maximum atomic E-state index is 6.24. The summed E-state index contributed by atoms with van der Waals surface area (Å²) in [5.74, 6) is 0. The lowest BCUT2D eigenvalue weighted by molar-refractivity contribution is 1.08. The SMILES string of the molecule is Clc1nc2ccccc2nc1Sc1nc2ccccc2nc1Cl. The van der Waals surface area contributed by atoms with Crippen LogP contribution in [0.15, 0.2) is 58.6 Å². The second kappa shape index (κ2) is 5.92. The number of fused-ring (bicyclic) bond motifs is 2. The van der Waals surface area contributed by atoms with Gasteiger partial charge in [0, 0.05) is 0 Å². The van der Waals surface area contributed by atoms with Crippen LogP contribution in [0.2, 0.25) is 10.3 Å². The maximum absolute atomic E-state index is 6.24. The Morgan fingerprint density at radius 3 is 1.30 bits per heavy atom. The first kappa shape index (κ1) is 14.6. The molecule has 0 unspecified atom stereocenters. The molecule has 0 amide bonds. The Morgan fingerprint density at radius 2 is 0.913 bits per heavy atom. The van der Waals surface area contributed by atoms with E-state index >= 15 is 0 Å². The van der Waals surface area contributed by atoms with Crippen LogP contribution in [-0.4, -0.2) is 19.9 Å². The number of hydrogen-bond acceptors (Lipinski definition) is 5. The zero-order valence-corrected chi connectivity index (χ0v) is 13.9. The standard InChI is InChI=1S/C16H8Cl2N4S/c17-13-15(21-11-7-3-1-5-9(11)19-13)23-16-14(18)20-10-6-2-4-8-12(10)22-16/h1-8H. The third-order valence-electron chi connectivity index (χ3n) is 3.19. The third kappa shape index (κ3) is 2.83. The van der Waals surface area contributed by atoms with E-state index < -0.39 is 0 Å². The zero-order chi connectivity index (χ0) is 15.8. The molecule has 2 aromatic carbocycles. The largest absolute Gasteiger partial charge is 0.236 e. The summed E-state index contributed by atoms with van der Waals surface area (Å²) >= 11 is 13.7. The molecule has 0 radical (unpaired) electrons. The molecular formula is C16H8Cl2N4S. The van der Waals surface area contributed by atoms with E-state index in [1.807, 2.05) is 48.5 Å². The van der Waals surface area contributed by atoms with Crippen LogP contribution < -0.4 is 0 Å². The molecule has 23 heavy (non-hydrogen) atoms. The maximum Gasteiger partial charge on any atom is 0.162 e. The molecule has 0 saturated heterocycles. The summed E-state index contributed by atoms with van der Waals surface area (Å²) in [5.41, 5.74) is 3.03. The first-order valence-electron chi connectivity index (χ1n) is 6.73. The van der Waals surface area contributed by atoms with Crippen LogP contribution in [0.4, 0.5) is 0 Å². The third-order valence-corrected chi connectivity index (χ3v) is 4.90. The molecule has 4 nitrogen and oxygen atoms in total.